The van der Waals surface area contributed by atoms with Crippen LogP contribution in [-0.4, -0.2) is 36.1 Å². The summed E-state index contributed by atoms with van der Waals surface area (Å²) in [6, 6.07) is 3.21. The van der Waals surface area contributed by atoms with Gasteiger partial charge >= 0.3 is 12.1 Å². The first-order valence-corrected chi connectivity index (χ1v) is 8.43. The smallest absolute Gasteiger partial charge is 0.408 e. The number of nitrogens with one attached hydrogen (secondary N) is 1. The molecule has 0 heterocycles. The Morgan fingerprint density at radius 3 is 2.32 bits per heavy atom. The van der Waals surface area contributed by atoms with E-state index in [9.17, 15) is 14.4 Å². The lowest BCUT2D eigenvalue weighted by molar-refractivity contribution is -0.145. The highest BCUT2D eigenvalue weighted by atomic mass is 35.5. The summed E-state index contributed by atoms with van der Waals surface area (Å²) in [5.41, 5.74) is -0.466. The summed E-state index contributed by atoms with van der Waals surface area (Å²) in [5, 5.41) is 2.90. The van der Waals surface area contributed by atoms with E-state index < -0.39 is 29.5 Å². The van der Waals surface area contributed by atoms with Gasteiger partial charge in [0.15, 0.2) is 5.78 Å². The number of ketones is 1. The molecule has 1 aromatic carbocycles. The minimum absolute atomic E-state index is 0.117. The summed E-state index contributed by atoms with van der Waals surface area (Å²) in [6.07, 6.45) is -1.11. The van der Waals surface area contributed by atoms with Gasteiger partial charge < -0.3 is 14.8 Å². The fourth-order valence-electron chi connectivity index (χ4n) is 1.86. The normalized spacial score (nSPS) is 12.2. The molecule has 0 aromatic heterocycles. The van der Waals surface area contributed by atoms with Crippen molar-refractivity contribution in [1.82, 2.24) is 5.32 Å². The van der Waals surface area contributed by atoms with Crippen LogP contribution in [0.25, 0.3) is 0 Å². The standard InChI is InChI=1S/C17H21Cl2NO5/c1-5-24-15(22)13(20-16(23)25-17(2,3)4)9-14(21)10-6-7-11(18)12(19)8-10/h6-8,13H,5,9H2,1-4H3,(H,20,23)/t13-/m0/s1. The minimum Gasteiger partial charge on any atom is -0.464 e. The molecule has 0 fully saturated rings. The van der Waals surface area contributed by atoms with E-state index in [2.05, 4.69) is 5.32 Å². The number of esters is 1. The number of Topliss-reactive ketones (excluding diaryl/α,β-unsaturated/α-hetero) is 1. The number of amides is 1. The SMILES string of the molecule is CCOC(=O)[C@H](CC(=O)c1ccc(Cl)c(Cl)c1)NC(=O)OC(C)(C)C. The van der Waals surface area contributed by atoms with Crippen molar-refractivity contribution in [3.8, 4) is 0 Å². The van der Waals surface area contributed by atoms with Crippen LogP contribution in [-0.2, 0) is 14.3 Å². The number of benzene rings is 1. The van der Waals surface area contributed by atoms with Gasteiger partial charge in [-0.2, -0.15) is 0 Å². The number of halogens is 2. The molecule has 1 amide bonds. The molecule has 1 rings (SSSR count). The van der Waals surface area contributed by atoms with Gasteiger partial charge in [-0.05, 0) is 45.9 Å². The van der Waals surface area contributed by atoms with Crippen molar-refractivity contribution in [3.05, 3.63) is 33.8 Å². The molecule has 0 saturated carbocycles. The van der Waals surface area contributed by atoms with Gasteiger partial charge in [0.25, 0.3) is 0 Å². The van der Waals surface area contributed by atoms with Crippen LogP contribution in [0.4, 0.5) is 4.79 Å². The van der Waals surface area contributed by atoms with Gasteiger partial charge in [0.05, 0.1) is 16.7 Å². The largest absolute Gasteiger partial charge is 0.464 e. The molecule has 25 heavy (non-hydrogen) atoms. The van der Waals surface area contributed by atoms with E-state index in [4.69, 9.17) is 32.7 Å². The topological polar surface area (TPSA) is 81.7 Å². The van der Waals surface area contributed by atoms with E-state index in [1.165, 1.54) is 18.2 Å². The van der Waals surface area contributed by atoms with E-state index in [0.29, 0.717) is 5.02 Å². The summed E-state index contributed by atoms with van der Waals surface area (Å²) in [4.78, 5) is 36.3. The zero-order valence-electron chi connectivity index (χ0n) is 14.5. The molecular formula is C17H21Cl2NO5. The Hall–Kier alpha value is -1.79. The average molecular weight is 390 g/mol. The van der Waals surface area contributed by atoms with Gasteiger partial charge in [0.1, 0.15) is 11.6 Å². The van der Waals surface area contributed by atoms with E-state index >= 15 is 0 Å². The highest BCUT2D eigenvalue weighted by Gasteiger charge is 2.28. The number of rotatable bonds is 6. The molecule has 0 aliphatic rings. The van der Waals surface area contributed by atoms with Gasteiger partial charge in [0.2, 0.25) is 0 Å². The van der Waals surface area contributed by atoms with Gasteiger partial charge in [0, 0.05) is 12.0 Å². The monoisotopic (exact) mass is 389 g/mol. The molecule has 0 unspecified atom stereocenters. The molecule has 0 aliphatic heterocycles. The second-order valence-corrected chi connectivity index (χ2v) is 7.02. The maximum atomic E-state index is 12.4. The maximum absolute atomic E-state index is 12.4. The first-order valence-electron chi connectivity index (χ1n) is 7.68. The van der Waals surface area contributed by atoms with Gasteiger partial charge in [-0.1, -0.05) is 23.2 Å². The lowest BCUT2D eigenvalue weighted by Crippen LogP contribution is -2.45. The zero-order chi connectivity index (χ0) is 19.2. The molecule has 8 heteroatoms. The van der Waals surface area contributed by atoms with E-state index in [1.807, 2.05) is 0 Å². The number of carbonyl (C=O) groups is 3. The highest BCUT2D eigenvalue weighted by molar-refractivity contribution is 6.42. The van der Waals surface area contributed by atoms with Gasteiger partial charge in [-0.15, -0.1) is 0 Å². The molecule has 138 valence electrons. The molecular weight excluding hydrogens is 369 g/mol. The van der Waals surface area contributed by atoms with Crippen molar-refractivity contribution in [2.45, 2.75) is 45.8 Å². The van der Waals surface area contributed by atoms with Crippen LogP contribution in [0.1, 0.15) is 44.5 Å². The molecule has 1 N–H and O–H groups in total. The van der Waals surface area contributed by atoms with Crippen LogP contribution < -0.4 is 5.32 Å². The predicted molar refractivity (Wildman–Crippen MR) is 95.2 cm³/mol. The number of hydrogen-bond acceptors (Lipinski definition) is 5. The number of carbonyl (C=O) groups excluding carboxylic acids is 3. The lowest BCUT2D eigenvalue weighted by atomic mass is 10.0. The van der Waals surface area contributed by atoms with Crippen LogP contribution >= 0.6 is 23.2 Å². The number of alkyl carbamates (subject to hydrolysis) is 1. The third kappa shape index (κ3) is 7.32. The van der Waals surface area contributed by atoms with Crippen LogP contribution in [0.3, 0.4) is 0 Å². The third-order valence-corrected chi connectivity index (χ3v) is 3.63. The van der Waals surface area contributed by atoms with Crippen molar-refractivity contribution in [1.29, 1.82) is 0 Å². The molecule has 0 radical (unpaired) electrons. The summed E-state index contributed by atoms with van der Waals surface area (Å²) < 4.78 is 10.0. The van der Waals surface area contributed by atoms with E-state index in [0.717, 1.165) is 0 Å². The van der Waals surface area contributed by atoms with Crippen molar-refractivity contribution in [3.63, 3.8) is 0 Å². The summed E-state index contributed by atoms with van der Waals surface area (Å²) in [6.45, 7) is 6.81. The van der Waals surface area contributed by atoms with Gasteiger partial charge in [-0.25, -0.2) is 9.59 Å². The van der Waals surface area contributed by atoms with E-state index in [1.54, 1.807) is 27.7 Å². The average Bonchev–Trinajstić information content (AvgIpc) is 2.47. The van der Waals surface area contributed by atoms with Crippen LogP contribution in [0, 0.1) is 0 Å². The molecule has 0 spiro atoms. The third-order valence-electron chi connectivity index (χ3n) is 2.89. The van der Waals surface area contributed by atoms with E-state index in [-0.39, 0.29) is 23.6 Å². The van der Waals surface area contributed by atoms with Crippen molar-refractivity contribution < 1.29 is 23.9 Å². The quantitative estimate of drug-likeness (QED) is 0.586. The highest BCUT2D eigenvalue weighted by Crippen LogP contribution is 2.23. The fraction of sp³-hybridized carbons (Fsp3) is 0.471. The predicted octanol–water partition coefficient (Wildman–Crippen LogP) is 4.02. The van der Waals surface area contributed by atoms with Crippen molar-refractivity contribution in [2.24, 2.45) is 0 Å². The summed E-state index contributed by atoms with van der Waals surface area (Å²) in [5.74, 6) is -1.12. The first kappa shape index (κ1) is 21.3. The number of ether oxygens (including phenoxy) is 2. The minimum atomic E-state index is -1.17. The molecule has 0 aliphatic carbocycles. The Morgan fingerprint density at radius 1 is 1.16 bits per heavy atom. The molecule has 0 saturated heterocycles. The van der Waals surface area contributed by atoms with Crippen LogP contribution in [0.5, 0.6) is 0 Å². The maximum Gasteiger partial charge on any atom is 0.408 e. The molecule has 0 bridgehead atoms. The second kappa shape index (κ2) is 9.06. The first-order chi connectivity index (χ1) is 11.5. The van der Waals surface area contributed by atoms with Crippen LogP contribution in [0.2, 0.25) is 10.0 Å². The van der Waals surface area contributed by atoms with Crippen molar-refractivity contribution in [2.75, 3.05) is 6.61 Å². The summed E-state index contributed by atoms with van der Waals surface area (Å²) in [7, 11) is 0. The molecule has 1 atom stereocenters. The Kier molecular flexibility index (Phi) is 7.70. The molecule has 1 aromatic rings. The Morgan fingerprint density at radius 2 is 1.80 bits per heavy atom. The van der Waals surface area contributed by atoms with Crippen LogP contribution in [0.15, 0.2) is 18.2 Å². The summed E-state index contributed by atoms with van der Waals surface area (Å²) >= 11 is 11.7. The zero-order valence-corrected chi connectivity index (χ0v) is 16.0. The Bertz CT molecular complexity index is 655. The Balaban J connectivity index is 2.88. The Labute approximate surface area is 156 Å². The second-order valence-electron chi connectivity index (χ2n) is 6.21. The van der Waals surface area contributed by atoms with Gasteiger partial charge in [-0.3, -0.25) is 4.79 Å². The lowest BCUT2D eigenvalue weighted by Gasteiger charge is -2.22. The molecule has 6 nitrogen and oxygen atoms in total. The number of hydrogen-bond donors (Lipinski definition) is 1. The fourth-order valence-corrected chi connectivity index (χ4v) is 2.16. The van der Waals surface area contributed by atoms with Crippen molar-refractivity contribution >= 4 is 41.0 Å².